The molecule has 3 aliphatic heterocycles. The first-order chi connectivity index (χ1) is 9.65. The molecule has 1 aromatic rings. The van der Waals surface area contributed by atoms with Crippen LogP contribution in [0.15, 0.2) is 6.07 Å². The lowest BCUT2D eigenvalue weighted by Crippen LogP contribution is -2.57. The predicted molar refractivity (Wildman–Crippen MR) is 79.5 cm³/mol. The van der Waals surface area contributed by atoms with Gasteiger partial charge in [0.15, 0.2) is 0 Å². The number of nitrogens with zero attached hydrogens (tertiary/aromatic N) is 4. The Bertz CT molecular complexity index is 467. The highest BCUT2D eigenvalue weighted by Gasteiger charge is 2.34. The van der Waals surface area contributed by atoms with Crippen LogP contribution >= 0.6 is 0 Å². The van der Waals surface area contributed by atoms with E-state index in [-0.39, 0.29) is 6.04 Å². The molecule has 4 heterocycles. The van der Waals surface area contributed by atoms with Crippen LogP contribution in [0.25, 0.3) is 0 Å². The zero-order chi connectivity index (χ0) is 14.1. The van der Waals surface area contributed by atoms with Crippen molar-refractivity contribution >= 4 is 0 Å². The Hall–Kier alpha value is -1.04. The number of aromatic nitrogens is 2. The third-order valence-electron chi connectivity index (χ3n) is 4.50. The number of aryl methyl sites for hydroxylation is 1. The van der Waals surface area contributed by atoms with Crippen LogP contribution in [0.1, 0.15) is 36.6 Å². The van der Waals surface area contributed by atoms with Gasteiger partial charge in [-0.3, -0.25) is 9.80 Å². The van der Waals surface area contributed by atoms with Crippen LogP contribution in [-0.2, 0) is 6.42 Å². The van der Waals surface area contributed by atoms with Crippen LogP contribution in [0.2, 0.25) is 0 Å². The monoisotopic (exact) mass is 275 g/mol. The van der Waals surface area contributed by atoms with E-state index in [1.807, 2.05) is 0 Å². The molecule has 3 saturated heterocycles. The molecule has 2 atom stereocenters. The van der Waals surface area contributed by atoms with Crippen molar-refractivity contribution in [1.29, 1.82) is 0 Å². The molecule has 1 aromatic heterocycles. The van der Waals surface area contributed by atoms with Crippen molar-refractivity contribution in [1.82, 2.24) is 19.8 Å². The molecular weight excluding hydrogens is 250 g/mol. The summed E-state index contributed by atoms with van der Waals surface area (Å²) in [6, 6.07) is 2.65. The summed E-state index contributed by atoms with van der Waals surface area (Å²) >= 11 is 0. The Balaban J connectivity index is 1.82. The van der Waals surface area contributed by atoms with Gasteiger partial charge in [0.1, 0.15) is 5.82 Å². The highest BCUT2D eigenvalue weighted by molar-refractivity contribution is 5.14. The summed E-state index contributed by atoms with van der Waals surface area (Å²) in [7, 11) is 0. The minimum atomic E-state index is 0.198. The van der Waals surface area contributed by atoms with Gasteiger partial charge < -0.3 is 5.73 Å². The summed E-state index contributed by atoms with van der Waals surface area (Å²) < 4.78 is 0. The van der Waals surface area contributed by atoms with E-state index in [0.29, 0.717) is 6.04 Å². The van der Waals surface area contributed by atoms with E-state index in [2.05, 4.69) is 34.7 Å². The molecule has 5 heteroatoms. The van der Waals surface area contributed by atoms with E-state index in [1.54, 1.807) is 0 Å². The molecule has 0 saturated carbocycles. The lowest BCUT2D eigenvalue weighted by atomic mass is 10.1. The Morgan fingerprint density at radius 1 is 1.30 bits per heavy atom. The van der Waals surface area contributed by atoms with Gasteiger partial charge in [0, 0.05) is 56.6 Å². The number of piperazine rings is 3. The van der Waals surface area contributed by atoms with Crippen molar-refractivity contribution in [2.45, 2.75) is 38.8 Å². The van der Waals surface area contributed by atoms with E-state index in [1.165, 1.54) is 13.1 Å². The number of nitrogens with two attached hydrogens (primary N) is 1. The second-order valence-electron chi connectivity index (χ2n) is 6.08. The Morgan fingerprint density at radius 3 is 2.65 bits per heavy atom. The normalized spacial score (nSPS) is 30.4. The summed E-state index contributed by atoms with van der Waals surface area (Å²) in [4.78, 5) is 14.5. The van der Waals surface area contributed by atoms with Crippen LogP contribution in [0, 0.1) is 6.92 Å². The molecule has 5 nitrogen and oxygen atoms in total. The van der Waals surface area contributed by atoms with Gasteiger partial charge in [0.25, 0.3) is 0 Å². The predicted octanol–water partition coefficient (Wildman–Crippen LogP) is 0.737. The maximum atomic E-state index is 6.07. The number of hydrogen-bond donors (Lipinski definition) is 1. The molecule has 2 N–H and O–H groups in total. The van der Waals surface area contributed by atoms with Crippen molar-refractivity contribution in [2.24, 2.45) is 5.73 Å². The largest absolute Gasteiger partial charge is 0.327 e. The Labute approximate surface area is 121 Å². The van der Waals surface area contributed by atoms with E-state index in [9.17, 15) is 0 Å². The minimum Gasteiger partial charge on any atom is -0.327 e. The van der Waals surface area contributed by atoms with Crippen LogP contribution < -0.4 is 5.73 Å². The Morgan fingerprint density at radius 2 is 2.05 bits per heavy atom. The minimum absolute atomic E-state index is 0.198. The van der Waals surface area contributed by atoms with Gasteiger partial charge in [-0.25, -0.2) is 9.97 Å². The summed E-state index contributed by atoms with van der Waals surface area (Å²) in [6.07, 6.45) is 1.84. The highest BCUT2D eigenvalue weighted by atomic mass is 15.4. The van der Waals surface area contributed by atoms with Gasteiger partial charge in [-0.05, 0) is 19.4 Å². The first kappa shape index (κ1) is 13.9. The van der Waals surface area contributed by atoms with Crippen molar-refractivity contribution in [2.75, 3.05) is 32.7 Å². The molecule has 2 bridgehead atoms. The molecule has 3 fully saturated rings. The van der Waals surface area contributed by atoms with Gasteiger partial charge in [-0.2, -0.15) is 0 Å². The summed E-state index contributed by atoms with van der Waals surface area (Å²) in [5.74, 6) is 0.993. The van der Waals surface area contributed by atoms with Crippen LogP contribution in [-0.4, -0.2) is 58.5 Å². The topological polar surface area (TPSA) is 58.3 Å². The molecular formula is C15H25N5. The summed E-state index contributed by atoms with van der Waals surface area (Å²) in [5.41, 5.74) is 8.22. The molecule has 0 aliphatic carbocycles. The van der Waals surface area contributed by atoms with Crippen molar-refractivity contribution in [3.63, 3.8) is 0 Å². The standard InChI is InChI=1S/C15H25N5/c1-3-12(16)9-13-8-11(2)17-15(18-13)14-10-19-4-6-20(14)7-5-19/h8,12,14H,3-7,9-10,16H2,1-2H3. The summed E-state index contributed by atoms with van der Waals surface area (Å²) in [6.45, 7) is 9.92. The zero-order valence-corrected chi connectivity index (χ0v) is 12.5. The molecule has 4 rings (SSSR count). The second-order valence-corrected chi connectivity index (χ2v) is 6.08. The molecule has 0 spiro atoms. The highest BCUT2D eigenvalue weighted by Crippen LogP contribution is 2.26. The van der Waals surface area contributed by atoms with E-state index < -0.39 is 0 Å². The van der Waals surface area contributed by atoms with Crippen molar-refractivity contribution in [3.8, 4) is 0 Å². The molecule has 3 aliphatic rings. The fraction of sp³-hybridized carbons (Fsp3) is 0.733. The SMILES string of the molecule is CCC(N)Cc1cc(C)nc(C2CN3CCN2CC3)n1. The van der Waals surface area contributed by atoms with Crippen LogP contribution in [0.4, 0.5) is 0 Å². The Kier molecular flexibility index (Phi) is 4.01. The van der Waals surface area contributed by atoms with Gasteiger partial charge in [-0.15, -0.1) is 0 Å². The molecule has 20 heavy (non-hydrogen) atoms. The summed E-state index contributed by atoms with van der Waals surface area (Å²) in [5, 5.41) is 0. The maximum absolute atomic E-state index is 6.07. The van der Waals surface area contributed by atoms with Crippen molar-refractivity contribution in [3.05, 3.63) is 23.3 Å². The van der Waals surface area contributed by atoms with Gasteiger partial charge >= 0.3 is 0 Å². The number of hydrogen-bond acceptors (Lipinski definition) is 5. The first-order valence-corrected chi connectivity index (χ1v) is 7.72. The van der Waals surface area contributed by atoms with Gasteiger partial charge in [-0.1, -0.05) is 6.92 Å². The third-order valence-corrected chi connectivity index (χ3v) is 4.50. The molecule has 110 valence electrons. The van der Waals surface area contributed by atoms with E-state index in [0.717, 1.165) is 49.7 Å². The molecule has 0 aromatic carbocycles. The van der Waals surface area contributed by atoms with Crippen LogP contribution in [0.5, 0.6) is 0 Å². The fourth-order valence-electron chi connectivity index (χ4n) is 3.19. The number of rotatable bonds is 4. The lowest BCUT2D eigenvalue weighted by Gasteiger charge is -2.46. The quantitative estimate of drug-likeness (QED) is 0.878. The number of fused-ring (bicyclic) bond motifs is 3. The van der Waals surface area contributed by atoms with Crippen LogP contribution in [0.3, 0.4) is 0 Å². The lowest BCUT2D eigenvalue weighted by molar-refractivity contribution is 0.00849. The first-order valence-electron chi connectivity index (χ1n) is 7.72. The average molecular weight is 275 g/mol. The third kappa shape index (κ3) is 2.85. The van der Waals surface area contributed by atoms with Gasteiger partial charge in [0.2, 0.25) is 0 Å². The van der Waals surface area contributed by atoms with E-state index >= 15 is 0 Å². The average Bonchev–Trinajstić information content (AvgIpc) is 2.47. The molecule has 0 amide bonds. The van der Waals surface area contributed by atoms with Gasteiger partial charge in [0.05, 0.1) is 6.04 Å². The molecule has 0 radical (unpaired) electrons. The fourth-order valence-corrected chi connectivity index (χ4v) is 3.19. The second kappa shape index (κ2) is 5.76. The zero-order valence-electron chi connectivity index (χ0n) is 12.5. The van der Waals surface area contributed by atoms with Crippen molar-refractivity contribution < 1.29 is 0 Å². The molecule has 2 unspecified atom stereocenters. The smallest absolute Gasteiger partial charge is 0.147 e. The maximum Gasteiger partial charge on any atom is 0.147 e. The van der Waals surface area contributed by atoms with E-state index in [4.69, 9.17) is 10.7 Å².